The summed E-state index contributed by atoms with van der Waals surface area (Å²) >= 11 is 1.64. The molecule has 0 saturated heterocycles. The van der Waals surface area contributed by atoms with E-state index < -0.39 is 11.2 Å². The molecule has 8 nitrogen and oxygen atoms in total. The molecule has 0 atom stereocenters. The maximum Gasteiger partial charge on any atom is 0.325 e. The van der Waals surface area contributed by atoms with Crippen molar-refractivity contribution in [2.24, 2.45) is 5.92 Å². The predicted molar refractivity (Wildman–Crippen MR) is 113 cm³/mol. The Morgan fingerprint density at radius 3 is 2.55 bits per heavy atom. The first-order valence-electron chi connectivity index (χ1n) is 9.59. The monoisotopic (exact) mass is 415 g/mol. The van der Waals surface area contributed by atoms with Crippen LogP contribution in [0.25, 0.3) is 5.69 Å². The fraction of sp³-hybridized carbons (Fsp3) is 0.400. The third kappa shape index (κ3) is 5.60. The number of ether oxygens (including phenoxy) is 1. The van der Waals surface area contributed by atoms with Gasteiger partial charge in [0.15, 0.2) is 5.16 Å². The van der Waals surface area contributed by atoms with Gasteiger partial charge in [0.2, 0.25) is 0 Å². The Labute approximate surface area is 172 Å². The van der Waals surface area contributed by atoms with Crippen LogP contribution in [0.4, 0.5) is 0 Å². The summed E-state index contributed by atoms with van der Waals surface area (Å²) in [7, 11) is 0. The van der Waals surface area contributed by atoms with Gasteiger partial charge in [0.1, 0.15) is 11.6 Å². The topological polar surface area (TPSA) is 106 Å². The van der Waals surface area contributed by atoms with E-state index in [4.69, 9.17) is 4.74 Å². The molecular weight excluding hydrogens is 390 g/mol. The minimum atomic E-state index is -0.536. The number of hydrogen-bond acceptors (Lipinski definition) is 6. The SMILES string of the molecule is CCOc1ccc(-n2c(Cc3cc(=O)[nH]c(=O)[nH]3)nnc2SCCC(C)C)cc1. The fourth-order valence-corrected chi connectivity index (χ4v) is 4.01. The lowest BCUT2D eigenvalue weighted by Gasteiger charge is -2.12. The highest BCUT2D eigenvalue weighted by atomic mass is 32.2. The van der Waals surface area contributed by atoms with E-state index in [1.54, 1.807) is 11.8 Å². The van der Waals surface area contributed by atoms with Crippen LogP contribution in [0.5, 0.6) is 5.75 Å². The number of H-pyrrole nitrogens is 2. The van der Waals surface area contributed by atoms with Crippen LogP contribution in [0.1, 0.15) is 38.7 Å². The fourth-order valence-electron chi connectivity index (χ4n) is 2.80. The summed E-state index contributed by atoms with van der Waals surface area (Å²) in [6.07, 6.45) is 1.35. The van der Waals surface area contributed by atoms with Gasteiger partial charge in [0.05, 0.1) is 6.61 Å². The van der Waals surface area contributed by atoms with Crippen molar-refractivity contribution in [1.29, 1.82) is 0 Å². The van der Waals surface area contributed by atoms with Gasteiger partial charge in [-0.05, 0) is 43.5 Å². The van der Waals surface area contributed by atoms with Crippen LogP contribution < -0.4 is 16.0 Å². The first-order chi connectivity index (χ1) is 14.0. The highest BCUT2D eigenvalue weighted by Gasteiger charge is 2.16. The molecule has 29 heavy (non-hydrogen) atoms. The summed E-state index contributed by atoms with van der Waals surface area (Å²) in [4.78, 5) is 28.0. The van der Waals surface area contributed by atoms with Gasteiger partial charge < -0.3 is 9.72 Å². The molecule has 0 radical (unpaired) electrons. The number of hydrogen-bond donors (Lipinski definition) is 2. The van der Waals surface area contributed by atoms with Crippen molar-refractivity contribution in [2.45, 2.75) is 38.8 Å². The molecule has 154 valence electrons. The Kier molecular flexibility index (Phi) is 6.92. The van der Waals surface area contributed by atoms with E-state index in [9.17, 15) is 9.59 Å². The van der Waals surface area contributed by atoms with Crippen LogP contribution >= 0.6 is 11.8 Å². The predicted octanol–water partition coefficient (Wildman–Crippen LogP) is 2.77. The summed E-state index contributed by atoms with van der Waals surface area (Å²) in [6, 6.07) is 9.07. The zero-order chi connectivity index (χ0) is 20.8. The molecule has 2 aromatic heterocycles. The summed E-state index contributed by atoms with van der Waals surface area (Å²) in [5.41, 5.74) is 0.401. The van der Waals surface area contributed by atoms with Gasteiger partial charge in [-0.15, -0.1) is 10.2 Å². The summed E-state index contributed by atoms with van der Waals surface area (Å²) in [6.45, 7) is 6.92. The molecule has 0 unspecified atom stereocenters. The van der Waals surface area contributed by atoms with Crippen molar-refractivity contribution in [2.75, 3.05) is 12.4 Å². The summed E-state index contributed by atoms with van der Waals surface area (Å²) in [5, 5.41) is 9.46. The van der Waals surface area contributed by atoms with E-state index >= 15 is 0 Å². The Balaban J connectivity index is 1.95. The molecule has 0 aliphatic carbocycles. The largest absolute Gasteiger partial charge is 0.494 e. The third-order valence-electron chi connectivity index (χ3n) is 4.20. The zero-order valence-electron chi connectivity index (χ0n) is 16.8. The van der Waals surface area contributed by atoms with Crippen molar-refractivity contribution >= 4 is 11.8 Å². The van der Waals surface area contributed by atoms with Crippen LogP contribution in [0.15, 0.2) is 45.1 Å². The molecular formula is C20H25N5O3S. The summed E-state index contributed by atoms with van der Waals surface area (Å²) < 4.78 is 7.49. The number of thioether (sulfide) groups is 1. The van der Waals surface area contributed by atoms with E-state index in [1.165, 1.54) is 6.07 Å². The van der Waals surface area contributed by atoms with Gasteiger partial charge in [-0.3, -0.25) is 14.3 Å². The Bertz CT molecular complexity index is 1020. The molecule has 0 aliphatic rings. The normalized spacial score (nSPS) is 11.2. The quantitative estimate of drug-likeness (QED) is 0.521. The molecule has 0 fully saturated rings. The lowest BCUT2D eigenvalue weighted by Crippen LogP contribution is -2.23. The average Bonchev–Trinajstić information content (AvgIpc) is 3.04. The second-order valence-electron chi connectivity index (χ2n) is 6.98. The van der Waals surface area contributed by atoms with Crippen LogP contribution in [0, 0.1) is 5.92 Å². The van der Waals surface area contributed by atoms with Gasteiger partial charge in [-0.25, -0.2) is 4.79 Å². The minimum Gasteiger partial charge on any atom is -0.494 e. The molecule has 1 aromatic carbocycles. The van der Waals surface area contributed by atoms with Gasteiger partial charge >= 0.3 is 5.69 Å². The molecule has 2 heterocycles. The maximum atomic E-state index is 11.6. The number of rotatable bonds is 9. The van der Waals surface area contributed by atoms with E-state index in [0.717, 1.165) is 28.8 Å². The second-order valence-corrected chi connectivity index (χ2v) is 8.04. The number of nitrogens with one attached hydrogen (secondary N) is 2. The smallest absolute Gasteiger partial charge is 0.325 e. The van der Waals surface area contributed by atoms with E-state index in [2.05, 4.69) is 34.0 Å². The lowest BCUT2D eigenvalue weighted by atomic mass is 10.2. The van der Waals surface area contributed by atoms with Gasteiger partial charge in [-0.2, -0.15) is 0 Å². The van der Waals surface area contributed by atoms with E-state index in [0.29, 0.717) is 24.0 Å². The van der Waals surface area contributed by atoms with Gasteiger partial charge in [0, 0.05) is 29.6 Å². The van der Waals surface area contributed by atoms with E-state index in [1.807, 2.05) is 35.8 Å². The molecule has 3 rings (SSSR count). The van der Waals surface area contributed by atoms with Crippen LogP contribution in [0.3, 0.4) is 0 Å². The third-order valence-corrected chi connectivity index (χ3v) is 5.16. The van der Waals surface area contributed by atoms with Crippen molar-refractivity contribution in [1.82, 2.24) is 24.7 Å². The second kappa shape index (κ2) is 9.60. The first-order valence-corrected chi connectivity index (χ1v) is 10.6. The van der Waals surface area contributed by atoms with Crippen LogP contribution in [0.2, 0.25) is 0 Å². The molecule has 0 spiro atoms. The lowest BCUT2D eigenvalue weighted by molar-refractivity contribution is 0.340. The standard InChI is InChI=1S/C20H25N5O3S/c1-4-28-16-7-5-15(6-8-16)25-17(11-14-12-18(26)22-19(27)21-14)23-24-20(25)29-10-9-13(2)3/h5-8,12-13H,4,9-11H2,1-3H3,(H2,21,22,26,27). The number of aromatic nitrogens is 5. The van der Waals surface area contributed by atoms with Crippen molar-refractivity contribution in [3.8, 4) is 11.4 Å². The number of benzene rings is 1. The van der Waals surface area contributed by atoms with E-state index in [-0.39, 0.29) is 6.42 Å². The van der Waals surface area contributed by atoms with Crippen molar-refractivity contribution in [3.05, 3.63) is 62.7 Å². The van der Waals surface area contributed by atoms with Crippen LogP contribution in [-0.2, 0) is 6.42 Å². The van der Waals surface area contributed by atoms with Gasteiger partial charge in [0.25, 0.3) is 5.56 Å². The first kappa shape index (κ1) is 20.9. The molecule has 0 aliphatic heterocycles. The number of nitrogens with zero attached hydrogens (tertiary/aromatic N) is 3. The van der Waals surface area contributed by atoms with Crippen LogP contribution in [-0.4, -0.2) is 37.1 Å². The molecule has 0 amide bonds. The Morgan fingerprint density at radius 2 is 1.90 bits per heavy atom. The molecule has 2 N–H and O–H groups in total. The molecule has 0 saturated carbocycles. The highest BCUT2D eigenvalue weighted by molar-refractivity contribution is 7.99. The summed E-state index contributed by atoms with van der Waals surface area (Å²) in [5.74, 6) is 2.96. The highest BCUT2D eigenvalue weighted by Crippen LogP contribution is 2.25. The number of aromatic amines is 2. The maximum absolute atomic E-state index is 11.6. The van der Waals surface area contributed by atoms with Gasteiger partial charge in [-0.1, -0.05) is 25.6 Å². The molecule has 0 bridgehead atoms. The Morgan fingerprint density at radius 1 is 1.14 bits per heavy atom. The minimum absolute atomic E-state index is 0.282. The Hall–Kier alpha value is -2.81. The molecule has 3 aromatic rings. The van der Waals surface area contributed by atoms with Crippen molar-refractivity contribution < 1.29 is 4.74 Å². The average molecular weight is 416 g/mol. The zero-order valence-corrected chi connectivity index (χ0v) is 17.6. The molecule has 9 heteroatoms. The van der Waals surface area contributed by atoms with Crippen molar-refractivity contribution in [3.63, 3.8) is 0 Å².